The van der Waals surface area contributed by atoms with Crippen molar-refractivity contribution >= 4 is 11.9 Å². The molecule has 0 unspecified atom stereocenters. The second kappa shape index (κ2) is 11.0. The first-order chi connectivity index (χ1) is 17.0. The van der Waals surface area contributed by atoms with Gasteiger partial charge in [0.1, 0.15) is 0 Å². The predicted octanol–water partition coefficient (Wildman–Crippen LogP) is 6.11. The van der Waals surface area contributed by atoms with Crippen LogP contribution >= 0.6 is 0 Å². The van der Waals surface area contributed by atoms with Crippen LogP contribution in [-0.4, -0.2) is 26.1 Å². The number of carbonyl (C=O) groups is 2. The number of carboxylic acid groups (broad SMARTS) is 1. The van der Waals surface area contributed by atoms with E-state index in [1.54, 1.807) is 49.4 Å². The van der Waals surface area contributed by atoms with Crippen molar-refractivity contribution in [3.05, 3.63) is 81.5 Å². The summed E-state index contributed by atoms with van der Waals surface area (Å²) in [5, 5.41) is 9.44. The molecule has 0 saturated carbocycles. The second-order valence-electron chi connectivity index (χ2n) is 9.12. The van der Waals surface area contributed by atoms with Crippen molar-refractivity contribution in [3.8, 4) is 11.1 Å². The van der Waals surface area contributed by atoms with Crippen molar-refractivity contribution in [1.82, 2.24) is 9.13 Å². The molecule has 9 heteroatoms. The molecular formula is C27H29F3N2O4. The summed E-state index contributed by atoms with van der Waals surface area (Å²) in [5.74, 6) is -1.85. The molecule has 2 aromatic carbocycles. The highest BCUT2D eigenvalue weighted by molar-refractivity contribution is 5.96. The number of halogens is 3. The predicted molar refractivity (Wildman–Crippen MR) is 130 cm³/mol. The maximum atomic E-state index is 14.1. The van der Waals surface area contributed by atoms with Crippen molar-refractivity contribution in [3.63, 3.8) is 0 Å². The SMILES string of the molecule is CCCC(=O)n1c(C(F)(F)F)c(CCC(C)C)n(Cc2ccc(-c3ccccc3C(=O)O)cc2)c1=O. The molecule has 1 aromatic heterocycles. The first kappa shape index (κ1) is 27.0. The van der Waals surface area contributed by atoms with Crippen molar-refractivity contribution in [2.45, 2.75) is 59.2 Å². The lowest BCUT2D eigenvalue weighted by molar-refractivity contribution is -0.143. The number of benzene rings is 2. The molecule has 0 aliphatic heterocycles. The van der Waals surface area contributed by atoms with Gasteiger partial charge in [-0.3, -0.25) is 9.36 Å². The van der Waals surface area contributed by atoms with Crippen LogP contribution in [0.1, 0.15) is 72.1 Å². The highest BCUT2D eigenvalue weighted by Crippen LogP contribution is 2.33. The Morgan fingerprint density at radius 3 is 2.22 bits per heavy atom. The van der Waals surface area contributed by atoms with E-state index in [4.69, 9.17) is 0 Å². The standard InChI is InChI=1S/C27H29F3N2O4/c1-4-7-23(33)32-24(27(28,29)30)22(15-10-17(2)3)31(26(32)36)16-18-11-13-19(14-12-18)20-8-5-6-9-21(20)25(34)35/h5-6,8-9,11-14,17H,4,7,10,15-16H2,1-3H3,(H,34,35). The Morgan fingerprint density at radius 1 is 1.03 bits per heavy atom. The number of aromatic carboxylic acids is 1. The summed E-state index contributed by atoms with van der Waals surface area (Å²) in [7, 11) is 0. The van der Waals surface area contributed by atoms with Crippen LogP contribution in [0, 0.1) is 5.92 Å². The largest absolute Gasteiger partial charge is 0.478 e. The maximum absolute atomic E-state index is 14.1. The maximum Gasteiger partial charge on any atom is 0.433 e. The molecule has 3 aromatic rings. The van der Waals surface area contributed by atoms with Crippen LogP contribution in [0.4, 0.5) is 13.2 Å². The van der Waals surface area contributed by atoms with Crippen molar-refractivity contribution in [1.29, 1.82) is 0 Å². The molecule has 0 saturated heterocycles. The van der Waals surface area contributed by atoms with Crippen LogP contribution < -0.4 is 5.69 Å². The topological polar surface area (TPSA) is 81.3 Å². The van der Waals surface area contributed by atoms with Crippen LogP contribution in [0.25, 0.3) is 11.1 Å². The van der Waals surface area contributed by atoms with E-state index in [0.717, 1.165) is 4.57 Å². The number of carboxylic acids is 1. The van der Waals surface area contributed by atoms with Gasteiger partial charge in [-0.2, -0.15) is 13.2 Å². The van der Waals surface area contributed by atoms with E-state index in [2.05, 4.69) is 0 Å². The van der Waals surface area contributed by atoms with Gasteiger partial charge in [-0.15, -0.1) is 0 Å². The average molecular weight is 503 g/mol. The number of imidazole rings is 1. The zero-order chi connectivity index (χ0) is 26.6. The molecule has 0 bridgehead atoms. The minimum atomic E-state index is -4.87. The van der Waals surface area contributed by atoms with Crippen molar-refractivity contribution < 1.29 is 27.9 Å². The van der Waals surface area contributed by atoms with Gasteiger partial charge in [0.25, 0.3) is 0 Å². The third-order valence-corrected chi connectivity index (χ3v) is 5.95. The van der Waals surface area contributed by atoms with Gasteiger partial charge in [0.2, 0.25) is 5.91 Å². The van der Waals surface area contributed by atoms with Crippen LogP contribution in [-0.2, 0) is 19.1 Å². The molecule has 1 N–H and O–H groups in total. The normalized spacial score (nSPS) is 11.8. The molecule has 0 aliphatic rings. The van der Waals surface area contributed by atoms with Gasteiger partial charge in [0, 0.05) is 6.42 Å². The Hall–Kier alpha value is -3.62. The molecule has 1 heterocycles. The third kappa shape index (κ3) is 5.78. The second-order valence-corrected chi connectivity index (χ2v) is 9.12. The van der Waals surface area contributed by atoms with Gasteiger partial charge < -0.3 is 5.11 Å². The van der Waals surface area contributed by atoms with Crippen LogP contribution in [0.2, 0.25) is 0 Å². The fraction of sp³-hybridized carbons (Fsp3) is 0.370. The summed E-state index contributed by atoms with van der Waals surface area (Å²) in [6.45, 7) is 5.27. The molecule has 6 nitrogen and oxygen atoms in total. The summed E-state index contributed by atoms with van der Waals surface area (Å²) in [6.07, 6.45) is -4.31. The number of hydrogen-bond acceptors (Lipinski definition) is 3. The Bertz CT molecular complexity index is 1300. The van der Waals surface area contributed by atoms with E-state index >= 15 is 0 Å². The molecule has 0 spiro atoms. The quantitative estimate of drug-likeness (QED) is 0.383. The summed E-state index contributed by atoms with van der Waals surface area (Å²) in [5.41, 5.74) is -0.603. The van der Waals surface area contributed by atoms with Crippen LogP contribution in [0.5, 0.6) is 0 Å². The van der Waals surface area contributed by atoms with Crippen LogP contribution in [0.3, 0.4) is 0 Å². The van der Waals surface area contributed by atoms with Gasteiger partial charge in [0.15, 0.2) is 5.69 Å². The van der Waals surface area contributed by atoms with E-state index in [0.29, 0.717) is 29.5 Å². The first-order valence-electron chi connectivity index (χ1n) is 11.8. The molecular weight excluding hydrogens is 473 g/mol. The minimum absolute atomic E-state index is 0.00176. The number of carbonyl (C=O) groups excluding carboxylic acids is 1. The molecule has 0 fully saturated rings. The Balaban J connectivity index is 2.09. The smallest absolute Gasteiger partial charge is 0.433 e. The number of alkyl halides is 3. The number of rotatable bonds is 9. The lowest BCUT2D eigenvalue weighted by atomic mass is 9.98. The molecule has 0 radical (unpaired) electrons. The van der Waals surface area contributed by atoms with Gasteiger partial charge in [0.05, 0.1) is 17.8 Å². The summed E-state index contributed by atoms with van der Waals surface area (Å²) in [4.78, 5) is 37.3. The van der Waals surface area contributed by atoms with Gasteiger partial charge in [-0.1, -0.05) is 63.2 Å². The highest BCUT2D eigenvalue weighted by atomic mass is 19.4. The van der Waals surface area contributed by atoms with E-state index in [1.165, 1.54) is 6.07 Å². The van der Waals surface area contributed by atoms with E-state index in [-0.39, 0.29) is 41.1 Å². The van der Waals surface area contributed by atoms with E-state index < -0.39 is 29.4 Å². The van der Waals surface area contributed by atoms with Gasteiger partial charge in [-0.25, -0.2) is 14.2 Å². The Labute approximate surface area is 207 Å². The number of nitrogens with zero attached hydrogens (tertiary/aromatic N) is 2. The summed E-state index contributed by atoms with van der Waals surface area (Å²) < 4.78 is 43.7. The number of aromatic nitrogens is 2. The first-order valence-corrected chi connectivity index (χ1v) is 11.8. The fourth-order valence-corrected chi connectivity index (χ4v) is 4.17. The van der Waals surface area contributed by atoms with E-state index in [1.807, 2.05) is 13.8 Å². The van der Waals surface area contributed by atoms with Gasteiger partial charge in [-0.05, 0) is 47.9 Å². The van der Waals surface area contributed by atoms with Gasteiger partial charge >= 0.3 is 17.8 Å². The molecule has 3 rings (SSSR count). The zero-order valence-corrected chi connectivity index (χ0v) is 20.4. The highest BCUT2D eigenvalue weighted by Gasteiger charge is 2.42. The monoisotopic (exact) mass is 502 g/mol. The van der Waals surface area contributed by atoms with Crippen LogP contribution in [0.15, 0.2) is 53.3 Å². The molecule has 36 heavy (non-hydrogen) atoms. The lowest BCUT2D eigenvalue weighted by Gasteiger charge is -2.14. The molecule has 0 amide bonds. The summed E-state index contributed by atoms with van der Waals surface area (Å²) in [6, 6.07) is 13.1. The average Bonchev–Trinajstić information content (AvgIpc) is 3.10. The lowest BCUT2D eigenvalue weighted by Crippen LogP contribution is -2.32. The minimum Gasteiger partial charge on any atom is -0.478 e. The third-order valence-electron chi connectivity index (χ3n) is 5.95. The Morgan fingerprint density at radius 2 is 1.67 bits per heavy atom. The number of hydrogen-bond donors (Lipinski definition) is 1. The Kier molecular flexibility index (Phi) is 8.22. The molecule has 0 atom stereocenters. The van der Waals surface area contributed by atoms with Crippen molar-refractivity contribution in [2.24, 2.45) is 5.92 Å². The summed E-state index contributed by atoms with van der Waals surface area (Å²) >= 11 is 0. The zero-order valence-electron chi connectivity index (χ0n) is 20.4. The fourth-order valence-electron chi connectivity index (χ4n) is 4.17. The molecule has 0 aliphatic carbocycles. The van der Waals surface area contributed by atoms with E-state index in [9.17, 15) is 32.7 Å². The molecule has 192 valence electrons. The van der Waals surface area contributed by atoms with Crippen molar-refractivity contribution in [2.75, 3.05) is 0 Å².